The molecule has 2 saturated carbocycles. The zero-order valence-corrected chi connectivity index (χ0v) is 26.8. The van der Waals surface area contributed by atoms with Gasteiger partial charge in [0.1, 0.15) is 0 Å². The summed E-state index contributed by atoms with van der Waals surface area (Å²) in [5.74, 6) is 1.34. The molecule has 0 amide bonds. The molecule has 42 heavy (non-hydrogen) atoms. The highest BCUT2D eigenvalue weighted by Gasteiger charge is 2.30. The Morgan fingerprint density at radius 1 is 0.833 bits per heavy atom. The van der Waals surface area contributed by atoms with E-state index in [1.165, 1.54) is 19.3 Å². The average Bonchev–Trinajstić information content (AvgIpc) is 3.40. The molecule has 1 aliphatic heterocycles. The number of aromatic nitrogens is 4. The molecule has 3 aliphatic rings. The lowest BCUT2D eigenvalue weighted by molar-refractivity contribution is 0.329. The number of imidazole rings is 1. The maximum atomic E-state index is 13.2. The number of sulfonamides is 1. The number of piperidine rings is 1. The molecule has 1 saturated heterocycles. The molecule has 6 rings (SSSR count). The fourth-order valence-electron chi connectivity index (χ4n) is 6.34. The van der Waals surface area contributed by atoms with Gasteiger partial charge in [0.2, 0.25) is 16.0 Å². The minimum absolute atomic E-state index is 0. The quantitative estimate of drug-likeness (QED) is 0.291. The first kappa shape index (κ1) is 33.0. The second-order valence-electron chi connectivity index (χ2n) is 11.5. The largest absolute Gasteiger partial charge is 0.365 e. The Labute approximate surface area is 265 Å². The van der Waals surface area contributed by atoms with Gasteiger partial charge in [0, 0.05) is 42.3 Å². The van der Waals surface area contributed by atoms with Gasteiger partial charge in [-0.15, -0.1) is 24.8 Å². The molecule has 2 aliphatic carbocycles. The summed E-state index contributed by atoms with van der Waals surface area (Å²) in [6.07, 6.45) is 13.3. The molecule has 3 heterocycles. The van der Waals surface area contributed by atoms with Crippen LogP contribution in [-0.4, -0.2) is 63.5 Å². The van der Waals surface area contributed by atoms with Crippen LogP contribution >= 0.6 is 36.4 Å². The summed E-state index contributed by atoms with van der Waals surface area (Å²) < 4.78 is 30.1. The van der Waals surface area contributed by atoms with Crippen molar-refractivity contribution in [1.82, 2.24) is 23.8 Å². The molecule has 2 aromatic heterocycles. The van der Waals surface area contributed by atoms with E-state index in [0.29, 0.717) is 54.8 Å². The highest BCUT2D eigenvalue weighted by Crippen LogP contribution is 2.33. The van der Waals surface area contributed by atoms with E-state index in [0.717, 1.165) is 49.7 Å². The Kier molecular flexibility index (Phi) is 11.2. The Morgan fingerprint density at radius 2 is 1.48 bits per heavy atom. The number of benzene rings is 1. The van der Waals surface area contributed by atoms with Crippen molar-refractivity contribution in [3.8, 4) is 0 Å². The Bertz CT molecular complexity index is 1420. The van der Waals surface area contributed by atoms with E-state index in [2.05, 4.69) is 15.2 Å². The number of fused-ring (bicyclic) bond motifs is 1. The van der Waals surface area contributed by atoms with Crippen molar-refractivity contribution < 1.29 is 8.42 Å². The van der Waals surface area contributed by atoms with E-state index in [1.807, 2.05) is 6.33 Å². The summed E-state index contributed by atoms with van der Waals surface area (Å²) >= 11 is 5.96. The number of nitrogens with zero attached hydrogens (tertiary/aromatic N) is 5. The fourth-order valence-corrected chi connectivity index (χ4v) is 7.94. The van der Waals surface area contributed by atoms with E-state index in [9.17, 15) is 8.42 Å². The lowest BCUT2D eigenvalue weighted by Crippen LogP contribution is -2.42. The normalized spacial score (nSPS) is 22.7. The smallest absolute Gasteiger partial charge is 0.243 e. The van der Waals surface area contributed by atoms with Crippen molar-refractivity contribution in [2.24, 2.45) is 5.73 Å². The van der Waals surface area contributed by atoms with Gasteiger partial charge in [0.25, 0.3) is 0 Å². The molecule has 0 unspecified atom stereocenters. The molecule has 0 atom stereocenters. The fraction of sp³-hybridized carbons (Fsp3) is 0.607. The molecule has 10 nitrogen and oxygen atoms in total. The zero-order valence-electron chi connectivity index (χ0n) is 23.6. The van der Waals surface area contributed by atoms with Gasteiger partial charge in [0.15, 0.2) is 17.0 Å². The molecule has 4 N–H and O–H groups in total. The number of anilines is 2. The molecule has 3 fully saturated rings. The molecule has 0 radical (unpaired) electrons. The van der Waals surface area contributed by atoms with Crippen LogP contribution in [0.1, 0.15) is 76.7 Å². The molecule has 1 aromatic carbocycles. The molecule has 14 heteroatoms. The highest BCUT2D eigenvalue weighted by atomic mass is 35.5. The summed E-state index contributed by atoms with van der Waals surface area (Å²) in [6.45, 7) is 0.863. The van der Waals surface area contributed by atoms with Gasteiger partial charge in [-0.3, -0.25) is 0 Å². The van der Waals surface area contributed by atoms with E-state index in [1.54, 1.807) is 28.6 Å². The Morgan fingerprint density at radius 3 is 2.14 bits per heavy atom. The van der Waals surface area contributed by atoms with Gasteiger partial charge >= 0.3 is 0 Å². The lowest BCUT2D eigenvalue weighted by Gasteiger charge is -2.32. The minimum Gasteiger partial charge on any atom is -0.365 e. The molecule has 0 spiro atoms. The van der Waals surface area contributed by atoms with Crippen molar-refractivity contribution in [3.05, 3.63) is 35.6 Å². The molecule has 0 bridgehead atoms. The summed E-state index contributed by atoms with van der Waals surface area (Å²) in [5, 5.41) is 7.72. The third-order valence-electron chi connectivity index (χ3n) is 8.74. The first-order chi connectivity index (χ1) is 19.4. The standard InChI is InChI=1S/C28H39ClN8O2S.2ClH/c29-19-6-12-24(13-7-19)40(38,39)36-16-14-22(15-17-36)32-26-25-27(37(18-31-25)23-4-2-1-3-5-23)35-28(34-26)33-21-10-8-20(30)9-11-21;;/h6-7,12-13,18,20-23H,1-5,8-11,14-17,30H2,(H2,32,33,34,35);2*1H. The van der Waals surface area contributed by atoms with Crippen molar-refractivity contribution in [1.29, 1.82) is 0 Å². The SMILES string of the molecule is Cl.Cl.NC1CCC(Nc2nc(NC3CCN(S(=O)(=O)c4ccc(Cl)cc4)CC3)c3ncn(C4CCCCC4)c3n2)CC1. The van der Waals surface area contributed by atoms with Crippen LogP contribution in [0.5, 0.6) is 0 Å². The van der Waals surface area contributed by atoms with E-state index >= 15 is 0 Å². The van der Waals surface area contributed by atoms with Crippen LogP contribution in [0.15, 0.2) is 35.5 Å². The molecular weight excluding hydrogens is 619 g/mol. The third-order valence-corrected chi connectivity index (χ3v) is 10.9. The number of nitrogens with two attached hydrogens (primary N) is 1. The zero-order chi connectivity index (χ0) is 27.7. The van der Waals surface area contributed by atoms with Crippen LogP contribution in [0.25, 0.3) is 11.2 Å². The lowest BCUT2D eigenvalue weighted by atomic mass is 9.92. The van der Waals surface area contributed by atoms with Crippen LogP contribution < -0.4 is 16.4 Å². The van der Waals surface area contributed by atoms with Crippen molar-refractivity contribution in [2.75, 3.05) is 23.7 Å². The van der Waals surface area contributed by atoms with Crippen LogP contribution in [0, 0.1) is 0 Å². The van der Waals surface area contributed by atoms with Gasteiger partial charge in [0.05, 0.1) is 11.2 Å². The molecule has 3 aromatic rings. The van der Waals surface area contributed by atoms with Crippen LogP contribution in [0.2, 0.25) is 5.02 Å². The summed E-state index contributed by atoms with van der Waals surface area (Å²) in [7, 11) is -3.56. The number of hydrogen-bond acceptors (Lipinski definition) is 8. The van der Waals surface area contributed by atoms with Gasteiger partial charge in [-0.25, -0.2) is 13.4 Å². The number of hydrogen-bond donors (Lipinski definition) is 3. The minimum atomic E-state index is -3.56. The monoisotopic (exact) mass is 658 g/mol. The van der Waals surface area contributed by atoms with Crippen LogP contribution in [-0.2, 0) is 10.0 Å². The van der Waals surface area contributed by atoms with Crippen molar-refractivity contribution in [3.63, 3.8) is 0 Å². The molecule has 232 valence electrons. The highest BCUT2D eigenvalue weighted by molar-refractivity contribution is 7.89. The topological polar surface area (TPSA) is 131 Å². The van der Waals surface area contributed by atoms with E-state index in [4.69, 9.17) is 32.3 Å². The molecular formula is C28H41Cl3N8O2S. The second-order valence-corrected chi connectivity index (χ2v) is 13.9. The second kappa shape index (κ2) is 14.3. The predicted molar refractivity (Wildman–Crippen MR) is 173 cm³/mol. The summed E-state index contributed by atoms with van der Waals surface area (Å²) in [5.41, 5.74) is 7.77. The first-order valence-corrected chi connectivity index (χ1v) is 16.5. The third kappa shape index (κ3) is 7.25. The number of rotatable bonds is 7. The van der Waals surface area contributed by atoms with Crippen molar-refractivity contribution in [2.45, 2.75) is 99.7 Å². The van der Waals surface area contributed by atoms with Gasteiger partial charge in [-0.2, -0.15) is 14.3 Å². The van der Waals surface area contributed by atoms with Crippen LogP contribution in [0.3, 0.4) is 0 Å². The maximum absolute atomic E-state index is 13.2. The number of nitrogens with one attached hydrogen (secondary N) is 2. The summed E-state index contributed by atoms with van der Waals surface area (Å²) in [6, 6.07) is 7.43. The van der Waals surface area contributed by atoms with Crippen molar-refractivity contribution >= 4 is 69.4 Å². The average molecular weight is 660 g/mol. The Balaban J connectivity index is 0.00000202. The predicted octanol–water partition coefficient (Wildman–Crippen LogP) is 5.78. The van der Waals surface area contributed by atoms with Gasteiger partial charge in [-0.05, 0) is 75.6 Å². The van der Waals surface area contributed by atoms with Crippen LogP contribution in [0.4, 0.5) is 11.8 Å². The van der Waals surface area contributed by atoms with Gasteiger partial charge in [-0.1, -0.05) is 30.9 Å². The van der Waals surface area contributed by atoms with E-state index < -0.39 is 10.0 Å². The maximum Gasteiger partial charge on any atom is 0.243 e. The van der Waals surface area contributed by atoms with Gasteiger partial charge < -0.3 is 20.9 Å². The Hall–Kier alpha value is -1.89. The first-order valence-electron chi connectivity index (χ1n) is 14.7. The summed E-state index contributed by atoms with van der Waals surface area (Å²) in [4.78, 5) is 14.9. The number of halogens is 3. The van der Waals surface area contributed by atoms with E-state index in [-0.39, 0.29) is 41.8 Å².